The summed E-state index contributed by atoms with van der Waals surface area (Å²) in [5.41, 5.74) is 1.16. The number of halogens is 3. The second kappa shape index (κ2) is 6.13. The fourth-order valence-electron chi connectivity index (χ4n) is 2.04. The van der Waals surface area contributed by atoms with Gasteiger partial charge in [0.1, 0.15) is 11.6 Å². The van der Waals surface area contributed by atoms with Crippen LogP contribution in [0.3, 0.4) is 0 Å². The molecule has 0 radical (unpaired) electrons. The van der Waals surface area contributed by atoms with Gasteiger partial charge in [-0.2, -0.15) is 0 Å². The third-order valence-corrected chi connectivity index (χ3v) is 3.23. The summed E-state index contributed by atoms with van der Waals surface area (Å²) in [7, 11) is 0. The van der Waals surface area contributed by atoms with E-state index >= 15 is 0 Å². The highest BCUT2D eigenvalue weighted by atomic mass is 35.5. The van der Waals surface area contributed by atoms with Crippen molar-refractivity contribution in [3.05, 3.63) is 70.2 Å². The summed E-state index contributed by atoms with van der Waals surface area (Å²) in [6.07, 6.45) is 0. The first-order valence-electron chi connectivity index (χ1n) is 6.06. The Morgan fingerprint density at radius 3 is 2.47 bits per heavy atom. The molecule has 0 spiro atoms. The Morgan fingerprint density at radius 1 is 1.11 bits per heavy atom. The van der Waals surface area contributed by atoms with Crippen molar-refractivity contribution in [3.63, 3.8) is 0 Å². The number of rotatable bonds is 4. The van der Waals surface area contributed by atoms with E-state index in [0.29, 0.717) is 17.7 Å². The molecule has 0 aromatic heterocycles. The summed E-state index contributed by atoms with van der Waals surface area (Å²) in [5.74, 6) is -0.716. The van der Waals surface area contributed by atoms with Gasteiger partial charge in [0.05, 0.1) is 6.04 Å². The maximum Gasteiger partial charge on any atom is 0.128 e. The zero-order valence-corrected chi connectivity index (χ0v) is 11.2. The highest BCUT2D eigenvalue weighted by molar-refractivity contribution is 6.31. The van der Waals surface area contributed by atoms with Gasteiger partial charge in [-0.05, 0) is 30.3 Å². The van der Waals surface area contributed by atoms with E-state index in [1.165, 1.54) is 18.2 Å². The predicted octanol–water partition coefficient (Wildman–Crippen LogP) is 4.32. The number of benzene rings is 2. The molecule has 4 heteroatoms. The minimum Gasteiger partial charge on any atom is -0.306 e. The molecule has 1 unspecified atom stereocenters. The van der Waals surface area contributed by atoms with E-state index in [1.807, 2.05) is 6.92 Å². The molecule has 1 N–H and O–H groups in total. The summed E-state index contributed by atoms with van der Waals surface area (Å²) in [6.45, 7) is 2.57. The Hall–Kier alpha value is -1.45. The van der Waals surface area contributed by atoms with Crippen LogP contribution >= 0.6 is 11.6 Å². The minimum atomic E-state index is -0.405. The first-order valence-corrected chi connectivity index (χ1v) is 6.44. The van der Waals surface area contributed by atoms with Crippen LogP contribution in [0, 0.1) is 11.6 Å². The Labute approximate surface area is 116 Å². The zero-order chi connectivity index (χ0) is 13.8. The second-order valence-corrected chi connectivity index (χ2v) is 4.59. The van der Waals surface area contributed by atoms with Crippen LogP contribution in [0.5, 0.6) is 0 Å². The molecule has 0 aliphatic heterocycles. The Morgan fingerprint density at radius 2 is 1.84 bits per heavy atom. The van der Waals surface area contributed by atoms with E-state index in [4.69, 9.17) is 11.6 Å². The first kappa shape index (κ1) is 14.0. The van der Waals surface area contributed by atoms with Gasteiger partial charge >= 0.3 is 0 Å². The first-order chi connectivity index (χ1) is 9.13. The van der Waals surface area contributed by atoms with Crippen LogP contribution in [0.2, 0.25) is 5.02 Å². The van der Waals surface area contributed by atoms with E-state index in [0.717, 1.165) is 0 Å². The number of nitrogens with one attached hydrogen (secondary N) is 1. The van der Waals surface area contributed by atoms with Crippen molar-refractivity contribution >= 4 is 11.6 Å². The van der Waals surface area contributed by atoms with E-state index in [9.17, 15) is 8.78 Å². The van der Waals surface area contributed by atoms with E-state index < -0.39 is 5.82 Å². The lowest BCUT2D eigenvalue weighted by molar-refractivity contribution is 0.558. The van der Waals surface area contributed by atoms with Gasteiger partial charge in [0.2, 0.25) is 0 Å². The molecule has 0 bridgehead atoms. The maximum absolute atomic E-state index is 13.9. The lowest BCUT2D eigenvalue weighted by Crippen LogP contribution is -2.23. The van der Waals surface area contributed by atoms with E-state index in [1.54, 1.807) is 24.3 Å². The van der Waals surface area contributed by atoms with Gasteiger partial charge in [-0.1, -0.05) is 42.8 Å². The lowest BCUT2D eigenvalue weighted by Gasteiger charge is -2.20. The Bertz CT molecular complexity index is 572. The molecule has 19 heavy (non-hydrogen) atoms. The summed E-state index contributed by atoms with van der Waals surface area (Å²) in [4.78, 5) is 0. The summed E-state index contributed by atoms with van der Waals surface area (Å²) >= 11 is 6.06. The fourth-order valence-corrected chi connectivity index (χ4v) is 2.31. The molecule has 0 saturated carbocycles. The molecular weight excluding hydrogens is 268 g/mol. The average molecular weight is 282 g/mol. The van der Waals surface area contributed by atoms with Crippen LogP contribution in [0.4, 0.5) is 8.78 Å². The van der Waals surface area contributed by atoms with Gasteiger partial charge in [0.25, 0.3) is 0 Å². The predicted molar refractivity (Wildman–Crippen MR) is 73.3 cm³/mol. The summed E-state index contributed by atoms with van der Waals surface area (Å²) in [6, 6.07) is 10.2. The van der Waals surface area contributed by atoms with Gasteiger partial charge in [-0.3, -0.25) is 0 Å². The van der Waals surface area contributed by atoms with Crippen LogP contribution in [-0.2, 0) is 0 Å². The Kier molecular flexibility index (Phi) is 4.51. The van der Waals surface area contributed by atoms with Crippen LogP contribution in [0.1, 0.15) is 24.1 Å². The van der Waals surface area contributed by atoms with Gasteiger partial charge in [0, 0.05) is 10.6 Å². The van der Waals surface area contributed by atoms with Crippen LogP contribution in [-0.4, -0.2) is 6.54 Å². The molecule has 0 aliphatic rings. The molecule has 0 aliphatic carbocycles. The van der Waals surface area contributed by atoms with Gasteiger partial charge in [-0.25, -0.2) is 8.78 Å². The second-order valence-electron chi connectivity index (χ2n) is 4.18. The monoisotopic (exact) mass is 281 g/mol. The Balaban J connectivity index is 2.48. The van der Waals surface area contributed by atoms with Crippen LogP contribution in [0.15, 0.2) is 42.5 Å². The van der Waals surface area contributed by atoms with E-state index in [2.05, 4.69) is 5.32 Å². The quantitative estimate of drug-likeness (QED) is 0.880. The van der Waals surface area contributed by atoms with Crippen molar-refractivity contribution in [2.24, 2.45) is 0 Å². The average Bonchev–Trinajstić information content (AvgIpc) is 2.38. The topological polar surface area (TPSA) is 12.0 Å². The molecule has 0 heterocycles. The molecule has 1 nitrogen and oxygen atoms in total. The molecule has 0 amide bonds. The minimum absolute atomic E-state index is 0.286. The van der Waals surface area contributed by atoms with Gasteiger partial charge < -0.3 is 5.32 Å². The number of hydrogen-bond donors (Lipinski definition) is 1. The third-order valence-electron chi connectivity index (χ3n) is 2.90. The third kappa shape index (κ3) is 3.11. The summed E-state index contributed by atoms with van der Waals surface area (Å²) in [5, 5.41) is 3.46. The lowest BCUT2D eigenvalue weighted by atomic mass is 9.98. The highest BCUT2D eigenvalue weighted by Gasteiger charge is 2.19. The highest BCUT2D eigenvalue weighted by Crippen LogP contribution is 2.30. The standard InChI is InChI=1S/C15H14ClF2N/c1-2-19-15(12-5-3-4-6-14(12)18)11-8-7-10(17)9-13(11)16/h3-9,15,19H,2H2,1H3. The van der Waals surface area contributed by atoms with Crippen molar-refractivity contribution < 1.29 is 8.78 Å². The molecule has 0 saturated heterocycles. The zero-order valence-electron chi connectivity index (χ0n) is 10.5. The molecule has 2 aromatic carbocycles. The smallest absolute Gasteiger partial charge is 0.128 e. The van der Waals surface area contributed by atoms with Gasteiger partial charge in [-0.15, -0.1) is 0 Å². The fraction of sp³-hybridized carbons (Fsp3) is 0.200. The molecular formula is C15H14ClF2N. The largest absolute Gasteiger partial charge is 0.306 e. The van der Waals surface area contributed by atoms with Gasteiger partial charge in [0.15, 0.2) is 0 Å². The SMILES string of the molecule is CCNC(c1ccccc1F)c1ccc(F)cc1Cl. The van der Waals surface area contributed by atoms with Crippen LogP contribution < -0.4 is 5.32 Å². The van der Waals surface area contributed by atoms with Crippen molar-refractivity contribution in [3.8, 4) is 0 Å². The molecule has 0 fully saturated rings. The van der Waals surface area contributed by atoms with Crippen molar-refractivity contribution in [1.29, 1.82) is 0 Å². The molecule has 100 valence electrons. The normalized spacial score (nSPS) is 12.4. The van der Waals surface area contributed by atoms with Crippen molar-refractivity contribution in [2.45, 2.75) is 13.0 Å². The molecule has 2 rings (SSSR count). The summed E-state index contributed by atoms with van der Waals surface area (Å²) < 4.78 is 27.0. The van der Waals surface area contributed by atoms with Crippen molar-refractivity contribution in [1.82, 2.24) is 5.32 Å². The number of hydrogen-bond acceptors (Lipinski definition) is 1. The molecule has 2 aromatic rings. The van der Waals surface area contributed by atoms with Crippen molar-refractivity contribution in [2.75, 3.05) is 6.54 Å². The van der Waals surface area contributed by atoms with Crippen LogP contribution in [0.25, 0.3) is 0 Å². The molecule has 1 atom stereocenters. The maximum atomic E-state index is 13.9. The van der Waals surface area contributed by atoms with E-state index in [-0.39, 0.29) is 16.9 Å².